The van der Waals surface area contributed by atoms with Crippen molar-refractivity contribution < 1.29 is 38.4 Å². The van der Waals surface area contributed by atoms with E-state index in [0.29, 0.717) is 51.1 Å². The summed E-state index contributed by atoms with van der Waals surface area (Å²) in [6.45, 7) is -1.04. The van der Waals surface area contributed by atoms with Crippen LogP contribution in [0.3, 0.4) is 0 Å². The van der Waals surface area contributed by atoms with E-state index in [2.05, 4.69) is 10.1 Å². The highest BCUT2D eigenvalue weighted by Gasteiger charge is 2.53. The molecule has 1 aliphatic carbocycles. The predicted octanol–water partition coefficient (Wildman–Crippen LogP) is 1.71. The summed E-state index contributed by atoms with van der Waals surface area (Å²) < 4.78 is 38.7. The Morgan fingerprint density at radius 3 is 2.70 bits per heavy atom. The number of aryl methyl sites for hydroxylation is 1. The molecule has 206 valence electrons. The topological polar surface area (TPSA) is 169 Å². The highest BCUT2D eigenvalue weighted by atomic mass is 19.3. The highest BCUT2D eigenvalue weighted by molar-refractivity contribution is 5.98. The van der Waals surface area contributed by atoms with Gasteiger partial charge in [0.2, 0.25) is 0 Å². The summed E-state index contributed by atoms with van der Waals surface area (Å²) in [6.07, 6.45) is -1.91. The second-order valence-electron chi connectivity index (χ2n) is 9.98. The number of alkyl halides is 2. The quantitative estimate of drug-likeness (QED) is 0.274. The minimum atomic E-state index is -3.56. The van der Waals surface area contributed by atoms with Gasteiger partial charge in [0.1, 0.15) is 23.8 Å². The Bertz CT molecular complexity index is 1720. The van der Waals surface area contributed by atoms with Crippen molar-refractivity contribution in [1.29, 1.82) is 0 Å². The predicted molar refractivity (Wildman–Crippen MR) is 131 cm³/mol. The summed E-state index contributed by atoms with van der Waals surface area (Å²) in [5.41, 5.74) is 9.66. The first-order chi connectivity index (χ1) is 19.0. The van der Waals surface area contributed by atoms with Gasteiger partial charge in [-0.1, -0.05) is 6.07 Å². The zero-order chi connectivity index (χ0) is 28.1. The fourth-order valence-corrected chi connectivity index (χ4v) is 6.05. The van der Waals surface area contributed by atoms with Crippen LogP contribution >= 0.6 is 0 Å². The number of carbonyl (C=O) groups is 1. The van der Waals surface area contributed by atoms with E-state index in [1.165, 1.54) is 22.7 Å². The number of rotatable bonds is 4. The number of aliphatic hydroxyl groups is 3. The number of hydrogen-bond acceptors (Lipinski definition) is 10. The summed E-state index contributed by atoms with van der Waals surface area (Å²) in [7, 11) is 0. The minimum absolute atomic E-state index is 0.0109. The van der Waals surface area contributed by atoms with Crippen LogP contribution < -0.4 is 15.2 Å². The number of carbonyl (C=O) groups excluding carboxylic acids is 1. The number of amides is 1. The highest BCUT2D eigenvalue weighted by Crippen LogP contribution is 2.54. The third-order valence-corrected chi connectivity index (χ3v) is 7.64. The van der Waals surface area contributed by atoms with Crippen molar-refractivity contribution in [1.82, 2.24) is 24.5 Å². The third-order valence-electron chi connectivity index (χ3n) is 7.64. The Labute approximate surface area is 224 Å². The van der Waals surface area contributed by atoms with Crippen LogP contribution in [0.2, 0.25) is 0 Å². The average molecular weight is 552 g/mol. The lowest BCUT2D eigenvalue weighted by atomic mass is 9.89. The maximum Gasteiger partial charge on any atom is 0.387 e. The molecule has 3 atom stereocenters. The molecule has 40 heavy (non-hydrogen) atoms. The van der Waals surface area contributed by atoms with Crippen LogP contribution in [-0.4, -0.2) is 65.0 Å². The third kappa shape index (κ3) is 3.50. The maximum atomic E-state index is 13.5. The monoisotopic (exact) mass is 552 g/mol. The lowest BCUT2D eigenvalue weighted by Crippen LogP contribution is -2.53. The number of ether oxygens (including phenoxy) is 2. The van der Waals surface area contributed by atoms with E-state index in [1.54, 1.807) is 12.3 Å². The molecule has 4 aromatic rings. The molecule has 0 radical (unpaired) electrons. The van der Waals surface area contributed by atoms with Crippen molar-refractivity contribution >= 4 is 11.6 Å². The van der Waals surface area contributed by atoms with Gasteiger partial charge in [-0.3, -0.25) is 14.7 Å². The SMILES string of the molecule is Cc1nc2c(cc1-c1ccn3nc4c(c3n1)[C@@H]1CC4N(C(O)(O)O)C(=O)c3cccc(OC(F)F)c31)OCC2N. The van der Waals surface area contributed by atoms with Crippen LogP contribution in [-0.2, 0) is 0 Å². The van der Waals surface area contributed by atoms with Gasteiger partial charge in [0.05, 0.1) is 23.5 Å². The summed E-state index contributed by atoms with van der Waals surface area (Å²) in [5.74, 6) is -1.42. The minimum Gasteiger partial charge on any atom is -0.490 e. The first-order valence-corrected chi connectivity index (χ1v) is 12.4. The lowest BCUT2D eigenvalue weighted by Gasteiger charge is -2.34. The second-order valence-corrected chi connectivity index (χ2v) is 9.98. The molecule has 0 spiro atoms. The number of aromatic nitrogens is 4. The van der Waals surface area contributed by atoms with Crippen LogP contribution in [0, 0.1) is 6.92 Å². The number of halogens is 2. The van der Waals surface area contributed by atoms with Gasteiger partial charge in [-0.05, 0) is 37.6 Å². The molecule has 5 N–H and O–H groups in total. The van der Waals surface area contributed by atoms with Gasteiger partial charge in [0.25, 0.3) is 5.91 Å². The number of nitrogens with zero attached hydrogens (tertiary/aromatic N) is 5. The van der Waals surface area contributed by atoms with Gasteiger partial charge in [0.15, 0.2) is 5.65 Å². The fraction of sp³-hybridized carbons (Fsp3) is 0.308. The molecule has 0 fully saturated rings. The number of nitrogens with two attached hydrogens (primary N) is 1. The zero-order valence-electron chi connectivity index (χ0n) is 20.8. The molecular weight excluding hydrogens is 530 g/mol. The van der Waals surface area contributed by atoms with Crippen molar-refractivity contribution in [2.75, 3.05) is 6.61 Å². The number of benzene rings is 1. The van der Waals surface area contributed by atoms with E-state index in [9.17, 15) is 28.9 Å². The van der Waals surface area contributed by atoms with Crippen LogP contribution in [0.1, 0.15) is 63.0 Å². The van der Waals surface area contributed by atoms with Crippen LogP contribution in [0.4, 0.5) is 8.78 Å². The Kier molecular flexibility index (Phi) is 5.19. The Morgan fingerprint density at radius 2 is 1.95 bits per heavy atom. The summed E-state index contributed by atoms with van der Waals surface area (Å²) in [4.78, 5) is 23.4. The molecule has 7 rings (SSSR count). The van der Waals surface area contributed by atoms with Crippen molar-refractivity contribution in [2.45, 2.75) is 44.1 Å². The van der Waals surface area contributed by atoms with Crippen LogP contribution in [0.25, 0.3) is 16.9 Å². The second kappa shape index (κ2) is 8.38. The maximum absolute atomic E-state index is 13.5. The molecule has 1 aromatic carbocycles. The summed E-state index contributed by atoms with van der Waals surface area (Å²) in [5, 5.41) is 35.2. The first kappa shape index (κ1) is 24.8. The lowest BCUT2D eigenvalue weighted by molar-refractivity contribution is -0.385. The van der Waals surface area contributed by atoms with Crippen molar-refractivity contribution in [3.63, 3.8) is 0 Å². The van der Waals surface area contributed by atoms with Gasteiger partial charge < -0.3 is 30.5 Å². The zero-order valence-corrected chi connectivity index (χ0v) is 20.8. The smallest absolute Gasteiger partial charge is 0.387 e. The normalized spacial score (nSPS) is 21.4. The Hall–Kier alpha value is -4.24. The van der Waals surface area contributed by atoms with E-state index >= 15 is 0 Å². The largest absolute Gasteiger partial charge is 0.490 e. The van der Waals surface area contributed by atoms with Crippen LogP contribution in [0.15, 0.2) is 36.5 Å². The van der Waals surface area contributed by atoms with Gasteiger partial charge in [0, 0.05) is 40.1 Å². The Balaban J connectivity index is 1.46. The molecule has 5 heterocycles. The molecule has 2 unspecified atom stereocenters. The van der Waals surface area contributed by atoms with Crippen molar-refractivity contribution in [3.05, 3.63) is 70.3 Å². The molecular formula is C26H22F2N6O6. The fourth-order valence-electron chi connectivity index (χ4n) is 6.05. The molecule has 1 amide bonds. The van der Waals surface area contributed by atoms with E-state index in [4.69, 9.17) is 20.2 Å². The van der Waals surface area contributed by atoms with E-state index < -0.39 is 30.6 Å². The number of pyridine rings is 1. The standard InChI is InChI=1S/C26H22F2N6O6/c1-10-12(8-18-21(30-10)14(29)9-39-18)15-5-6-33-23(31-15)20-13-7-16(22(20)32-33)34(26(36,37)38)24(35)11-3-2-4-17(19(11)13)40-25(27)28/h2-6,8,13-14,16,25,36-38H,7,9,29H2,1H3/t13-,14?,16?/m1/s1. The molecule has 0 saturated heterocycles. The summed E-state index contributed by atoms with van der Waals surface area (Å²) in [6, 6.07) is 6.08. The average Bonchev–Trinajstić information content (AvgIpc) is 3.52. The molecule has 2 bridgehead atoms. The van der Waals surface area contributed by atoms with Gasteiger partial charge in [-0.2, -0.15) is 13.9 Å². The molecule has 0 saturated carbocycles. The van der Waals surface area contributed by atoms with Gasteiger partial charge >= 0.3 is 12.7 Å². The molecule has 2 aliphatic heterocycles. The molecule has 3 aliphatic rings. The first-order valence-electron chi connectivity index (χ1n) is 12.4. The Morgan fingerprint density at radius 1 is 1.15 bits per heavy atom. The van der Waals surface area contributed by atoms with Crippen molar-refractivity contribution in [3.8, 4) is 22.8 Å². The van der Waals surface area contributed by atoms with E-state index in [1.807, 2.05) is 13.0 Å². The van der Waals surface area contributed by atoms with Gasteiger partial charge in [-0.15, -0.1) is 0 Å². The summed E-state index contributed by atoms with van der Waals surface area (Å²) >= 11 is 0. The van der Waals surface area contributed by atoms with Gasteiger partial charge in [-0.25, -0.2) is 9.50 Å². The molecule has 14 heteroatoms. The van der Waals surface area contributed by atoms with E-state index in [0.717, 1.165) is 0 Å². The molecule has 3 aromatic heterocycles. The van der Waals surface area contributed by atoms with Crippen LogP contribution in [0.5, 0.6) is 11.5 Å². The van der Waals surface area contributed by atoms with Crippen molar-refractivity contribution in [2.24, 2.45) is 5.73 Å². The number of hydrogen-bond donors (Lipinski definition) is 4. The molecule has 12 nitrogen and oxygen atoms in total. The van der Waals surface area contributed by atoms with E-state index in [-0.39, 0.29) is 35.0 Å². The number of fused-ring (bicyclic) bond motifs is 10.